The van der Waals surface area contributed by atoms with Crippen LogP contribution in [0.5, 0.6) is 0 Å². The van der Waals surface area contributed by atoms with Crippen molar-refractivity contribution in [3.63, 3.8) is 0 Å². The fraction of sp³-hybridized carbons (Fsp3) is 1.00. The molecule has 0 aliphatic carbocycles. The summed E-state index contributed by atoms with van der Waals surface area (Å²) in [5, 5.41) is 0. The van der Waals surface area contributed by atoms with Crippen molar-refractivity contribution in [2.75, 3.05) is 0 Å². The molecule has 0 fully saturated rings. The molecule has 0 amide bonds. The van der Waals surface area contributed by atoms with Crippen LogP contribution in [-0.4, -0.2) is 0 Å². The molecule has 0 heteroatoms. The van der Waals surface area contributed by atoms with Crippen molar-refractivity contribution in [2.45, 2.75) is 61.3 Å². The minimum Gasteiger partial charge on any atom is -0.0776 e. The molecule has 0 radical (unpaired) electrons. The summed E-state index contributed by atoms with van der Waals surface area (Å²) in [7, 11) is 0. The largest absolute Gasteiger partial charge is 0.0776 e. The van der Waals surface area contributed by atoms with E-state index in [0.29, 0.717) is 5.41 Å². The Labute approximate surface area is 73.4 Å². The maximum absolute atomic E-state index is 2.36. The predicted molar refractivity (Wildman–Crippen MR) is 54.9 cm³/mol. The van der Waals surface area contributed by atoms with E-state index in [4.69, 9.17) is 0 Å². The molecule has 1 unspecified atom stereocenters. The van der Waals surface area contributed by atoms with Gasteiger partial charge in [0.05, 0.1) is 0 Å². The van der Waals surface area contributed by atoms with Crippen molar-refractivity contribution in [3.05, 3.63) is 0 Å². The van der Waals surface area contributed by atoms with Gasteiger partial charge in [-0.25, -0.2) is 0 Å². The van der Waals surface area contributed by atoms with Crippen LogP contribution in [0.15, 0.2) is 0 Å². The summed E-state index contributed by atoms with van der Waals surface area (Å²) in [6.07, 6.45) is 4.08. The second-order valence-electron chi connectivity index (χ2n) is 4.66. The molecular formula is C11H26. The highest BCUT2D eigenvalue weighted by molar-refractivity contribution is 4.65. The van der Waals surface area contributed by atoms with Crippen molar-refractivity contribution in [3.8, 4) is 0 Å². The lowest BCUT2D eigenvalue weighted by Crippen LogP contribution is -2.10. The van der Waals surface area contributed by atoms with Gasteiger partial charge in [0.15, 0.2) is 0 Å². The van der Waals surface area contributed by atoms with Crippen molar-refractivity contribution < 1.29 is 0 Å². The molecule has 70 valence electrons. The normalized spacial score (nSPS) is 13.9. The third-order valence-corrected chi connectivity index (χ3v) is 1.74. The first-order valence-electron chi connectivity index (χ1n) is 4.45. The van der Waals surface area contributed by atoms with Gasteiger partial charge in [-0.2, -0.15) is 0 Å². The van der Waals surface area contributed by atoms with E-state index in [9.17, 15) is 0 Å². The van der Waals surface area contributed by atoms with Gasteiger partial charge in [0.1, 0.15) is 0 Å². The number of hydrogen-bond acceptors (Lipinski definition) is 0. The third-order valence-electron chi connectivity index (χ3n) is 1.74. The highest BCUT2D eigenvalue weighted by Crippen LogP contribution is 2.26. The number of rotatable bonds is 3. The van der Waals surface area contributed by atoms with E-state index in [1.54, 1.807) is 0 Å². The van der Waals surface area contributed by atoms with Crippen molar-refractivity contribution >= 4 is 0 Å². The molecule has 1 atom stereocenters. The van der Waals surface area contributed by atoms with E-state index in [1.807, 2.05) is 0 Å². The summed E-state index contributed by atoms with van der Waals surface area (Å²) in [5.41, 5.74) is 0.522. The van der Waals surface area contributed by atoms with Crippen LogP contribution in [0.3, 0.4) is 0 Å². The quantitative estimate of drug-likeness (QED) is 0.567. The van der Waals surface area contributed by atoms with E-state index in [-0.39, 0.29) is 7.43 Å². The zero-order chi connectivity index (χ0) is 8.20. The molecule has 0 heterocycles. The van der Waals surface area contributed by atoms with Crippen molar-refractivity contribution in [2.24, 2.45) is 11.3 Å². The Balaban J connectivity index is 0. The monoisotopic (exact) mass is 158 g/mol. The third kappa shape index (κ3) is 10.0. The topological polar surface area (TPSA) is 0 Å². The maximum atomic E-state index is 2.36. The molecule has 0 nitrogen and oxygen atoms in total. The van der Waals surface area contributed by atoms with Crippen LogP contribution in [0, 0.1) is 11.3 Å². The summed E-state index contributed by atoms with van der Waals surface area (Å²) < 4.78 is 0. The SMILES string of the molecule is C.CCCC(C)CC(C)(C)C. The van der Waals surface area contributed by atoms with E-state index in [1.165, 1.54) is 19.3 Å². The summed E-state index contributed by atoms with van der Waals surface area (Å²) in [4.78, 5) is 0. The van der Waals surface area contributed by atoms with E-state index in [2.05, 4.69) is 34.6 Å². The molecule has 0 rings (SSSR count). The van der Waals surface area contributed by atoms with Crippen LogP contribution in [0.25, 0.3) is 0 Å². The zero-order valence-electron chi connectivity index (χ0n) is 8.20. The Morgan fingerprint density at radius 2 is 1.64 bits per heavy atom. The van der Waals surface area contributed by atoms with Gasteiger partial charge in [-0.05, 0) is 17.8 Å². The minimum atomic E-state index is 0. The van der Waals surface area contributed by atoms with E-state index >= 15 is 0 Å². The molecule has 0 aliphatic heterocycles. The van der Waals surface area contributed by atoms with Gasteiger partial charge < -0.3 is 0 Å². The van der Waals surface area contributed by atoms with Crippen molar-refractivity contribution in [1.29, 1.82) is 0 Å². The number of hydrogen-bond donors (Lipinski definition) is 0. The van der Waals surface area contributed by atoms with Gasteiger partial charge >= 0.3 is 0 Å². The second-order valence-corrected chi connectivity index (χ2v) is 4.66. The Bertz CT molecular complexity index is 76.5. The average molecular weight is 158 g/mol. The van der Waals surface area contributed by atoms with E-state index in [0.717, 1.165) is 5.92 Å². The molecule has 11 heavy (non-hydrogen) atoms. The molecule has 0 saturated carbocycles. The molecule has 0 bridgehead atoms. The van der Waals surface area contributed by atoms with Crippen LogP contribution in [-0.2, 0) is 0 Å². The van der Waals surface area contributed by atoms with Gasteiger partial charge in [0.2, 0.25) is 0 Å². The van der Waals surface area contributed by atoms with Crippen LogP contribution >= 0.6 is 0 Å². The maximum Gasteiger partial charge on any atom is -0.0380 e. The van der Waals surface area contributed by atoms with Gasteiger partial charge in [0, 0.05) is 0 Å². The van der Waals surface area contributed by atoms with Gasteiger partial charge in [-0.1, -0.05) is 54.9 Å². The Kier molecular flexibility index (Phi) is 6.94. The minimum absolute atomic E-state index is 0. The molecule has 0 aromatic rings. The van der Waals surface area contributed by atoms with Crippen molar-refractivity contribution in [1.82, 2.24) is 0 Å². The zero-order valence-corrected chi connectivity index (χ0v) is 8.20. The molecule has 0 aromatic carbocycles. The fourth-order valence-electron chi connectivity index (χ4n) is 1.64. The van der Waals surface area contributed by atoms with Crippen LogP contribution in [0.1, 0.15) is 61.3 Å². The highest BCUT2D eigenvalue weighted by Gasteiger charge is 2.13. The summed E-state index contributed by atoms with van der Waals surface area (Å²) in [5.74, 6) is 0.907. The van der Waals surface area contributed by atoms with Gasteiger partial charge in [-0.15, -0.1) is 0 Å². The molecule has 0 spiro atoms. The van der Waals surface area contributed by atoms with Crippen LogP contribution < -0.4 is 0 Å². The molecule has 0 aliphatic rings. The Hall–Kier alpha value is 0. The lowest BCUT2D eigenvalue weighted by Gasteiger charge is -2.22. The summed E-state index contributed by atoms with van der Waals surface area (Å²) in [6, 6.07) is 0. The Morgan fingerprint density at radius 3 is 1.91 bits per heavy atom. The smallest absolute Gasteiger partial charge is 0.0380 e. The molecular weight excluding hydrogens is 132 g/mol. The van der Waals surface area contributed by atoms with E-state index < -0.39 is 0 Å². The molecule has 0 N–H and O–H groups in total. The first-order chi connectivity index (χ1) is 4.45. The predicted octanol–water partition coefficient (Wildman–Crippen LogP) is 4.49. The lowest BCUT2D eigenvalue weighted by atomic mass is 9.84. The molecule has 0 aromatic heterocycles. The van der Waals surface area contributed by atoms with Crippen LogP contribution in [0.4, 0.5) is 0 Å². The average Bonchev–Trinajstić information content (AvgIpc) is 1.59. The summed E-state index contributed by atoms with van der Waals surface area (Å²) in [6.45, 7) is 11.6. The molecule has 0 saturated heterocycles. The van der Waals surface area contributed by atoms with Crippen LogP contribution in [0.2, 0.25) is 0 Å². The first-order valence-corrected chi connectivity index (χ1v) is 4.45. The Morgan fingerprint density at radius 1 is 1.18 bits per heavy atom. The van der Waals surface area contributed by atoms with Gasteiger partial charge in [-0.3, -0.25) is 0 Å². The second kappa shape index (κ2) is 5.62. The lowest BCUT2D eigenvalue weighted by molar-refractivity contribution is 0.295. The first kappa shape index (κ1) is 13.6. The highest BCUT2D eigenvalue weighted by atomic mass is 14.2. The van der Waals surface area contributed by atoms with Gasteiger partial charge in [0.25, 0.3) is 0 Å². The summed E-state index contributed by atoms with van der Waals surface area (Å²) >= 11 is 0. The standard InChI is InChI=1S/C10H22.CH4/c1-6-7-9(2)8-10(3,4)5;/h9H,6-8H2,1-5H3;1H4. The fourth-order valence-corrected chi connectivity index (χ4v) is 1.64.